The normalized spacial score (nSPS) is 11.6. The van der Waals surface area contributed by atoms with Gasteiger partial charge in [-0.25, -0.2) is 0 Å². The molecule has 0 atom stereocenters. The molecule has 11 heteroatoms. The van der Waals surface area contributed by atoms with Crippen LogP contribution in [0.15, 0.2) is 0 Å². The molecule has 0 aromatic carbocycles. The van der Waals surface area contributed by atoms with Gasteiger partial charge in [0.2, 0.25) is 0 Å². The Labute approximate surface area is 287 Å². The van der Waals surface area contributed by atoms with Crippen LogP contribution < -0.4 is 0 Å². The molecule has 10 nitrogen and oxygen atoms in total. The van der Waals surface area contributed by atoms with Gasteiger partial charge in [-0.1, -0.05) is 84.0 Å². The van der Waals surface area contributed by atoms with Gasteiger partial charge in [0.15, 0.2) is 0 Å². The lowest BCUT2D eigenvalue weighted by atomic mass is 10.0. The molecule has 0 aliphatic heterocycles. The van der Waals surface area contributed by atoms with Gasteiger partial charge in [0.25, 0.3) is 0 Å². The lowest BCUT2D eigenvalue weighted by Gasteiger charge is -2.09. The largest absolute Gasteiger partial charge is 0.379 e. The van der Waals surface area contributed by atoms with Crippen LogP contribution in [0.1, 0.15) is 90.4 Å². The number of hydrogen-bond donors (Lipinski definition) is 0. The van der Waals surface area contributed by atoms with Gasteiger partial charge < -0.3 is 47.4 Å². The lowest BCUT2D eigenvalue weighted by Crippen LogP contribution is -2.15. The monoisotopic (exact) mass is 686 g/mol. The molecule has 0 saturated heterocycles. The number of alkyl halides is 1. The maximum Gasteiger partial charge on any atom is 0.0701 e. The second kappa shape index (κ2) is 44.9. The predicted molar refractivity (Wildman–Crippen MR) is 185 cm³/mol. The molecule has 0 heterocycles. The van der Waals surface area contributed by atoms with E-state index in [0.29, 0.717) is 131 Å². The maximum absolute atomic E-state index is 5.67. The van der Waals surface area contributed by atoms with E-state index in [2.05, 4.69) is 6.92 Å². The highest BCUT2D eigenvalue weighted by Crippen LogP contribution is 2.12. The molecular formula is C35H71ClO10. The number of rotatable bonds is 43. The Hall–Kier alpha value is -0.110. The summed E-state index contributed by atoms with van der Waals surface area (Å²) in [6.45, 7) is 13.6. The maximum atomic E-state index is 5.67. The minimum atomic E-state index is 0.503. The molecule has 46 heavy (non-hydrogen) atoms. The molecule has 0 N–H and O–H groups in total. The van der Waals surface area contributed by atoms with E-state index in [4.69, 9.17) is 59.0 Å². The zero-order valence-corrected chi connectivity index (χ0v) is 30.3. The van der Waals surface area contributed by atoms with Crippen LogP contribution in [-0.4, -0.2) is 138 Å². The summed E-state index contributed by atoms with van der Waals surface area (Å²) in [5.74, 6) is 0.503. The van der Waals surface area contributed by atoms with Crippen molar-refractivity contribution in [2.24, 2.45) is 0 Å². The summed E-state index contributed by atoms with van der Waals surface area (Å²) >= 11 is 5.52. The fourth-order valence-electron chi connectivity index (χ4n) is 4.36. The van der Waals surface area contributed by atoms with E-state index < -0.39 is 0 Å². The molecule has 0 aliphatic carbocycles. The van der Waals surface area contributed by atoms with Crippen molar-refractivity contribution in [1.29, 1.82) is 0 Å². The predicted octanol–water partition coefficient (Wildman–Crippen LogP) is 6.48. The highest BCUT2D eigenvalue weighted by Gasteiger charge is 1.97. The van der Waals surface area contributed by atoms with Crippen LogP contribution in [0.4, 0.5) is 0 Å². The van der Waals surface area contributed by atoms with Gasteiger partial charge in [0, 0.05) is 12.5 Å². The van der Waals surface area contributed by atoms with Crippen LogP contribution in [-0.2, 0) is 47.4 Å². The molecule has 0 aliphatic rings. The zero-order valence-electron chi connectivity index (χ0n) is 29.5. The van der Waals surface area contributed by atoms with Crippen LogP contribution in [0.5, 0.6) is 0 Å². The SMILES string of the molecule is CCCCCCCCCCCCCCCOCCOCCOCCOCCOCCOCCOCCOCCOCCOCCCl. The van der Waals surface area contributed by atoms with Gasteiger partial charge >= 0.3 is 0 Å². The van der Waals surface area contributed by atoms with E-state index in [1.807, 2.05) is 0 Å². The smallest absolute Gasteiger partial charge is 0.0701 e. The van der Waals surface area contributed by atoms with Crippen LogP contribution >= 0.6 is 11.6 Å². The molecule has 278 valence electrons. The average Bonchev–Trinajstić information content (AvgIpc) is 3.07. The van der Waals surface area contributed by atoms with Crippen molar-refractivity contribution < 1.29 is 47.4 Å². The highest BCUT2D eigenvalue weighted by molar-refractivity contribution is 6.17. The van der Waals surface area contributed by atoms with Crippen molar-refractivity contribution in [2.75, 3.05) is 138 Å². The summed E-state index contributed by atoms with van der Waals surface area (Å²) < 4.78 is 54.7. The van der Waals surface area contributed by atoms with Crippen LogP contribution in [0, 0.1) is 0 Å². The van der Waals surface area contributed by atoms with Crippen molar-refractivity contribution in [3.63, 3.8) is 0 Å². The topological polar surface area (TPSA) is 92.3 Å². The summed E-state index contributed by atoms with van der Waals surface area (Å²) in [6.07, 6.45) is 17.8. The third kappa shape index (κ3) is 43.9. The quantitative estimate of drug-likeness (QED) is 0.0524. The molecule has 0 unspecified atom stereocenters. The first-order valence-electron chi connectivity index (χ1n) is 18.2. The van der Waals surface area contributed by atoms with Gasteiger partial charge in [-0.3, -0.25) is 0 Å². The fraction of sp³-hybridized carbons (Fsp3) is 1.00. The molecule has 0 amide bonds. The lowest BCUT2D eigenvalue weighted by molar-refractivity contribution is -0.0263. The molecule has 0 saturated carbocycles. The van der Waals surface area contributed by atoms with E-state index in [0.717, 1.165) is 13.0 Å². The Morgan fingerprint density at radius 2 is 0.435 bits per heavy atom. The number of hydrogen-bond acceptors (Lipinski definition) is 10. The van der Waals surface area contributed by atoms with E-state index in [1.54, 1.807) is 0 Å². The average molecular weight is 687 g/mol. The Morgan fingerprint density at radius 1 is 0.239 bits per heavy atom. The molecule has 0 fully saturated rings. The van der Waals surface area contributed by atoms with E-state index in [-0.39, 0.29) is 0 Å². The number of ether oxygens (including phenoxy) is 10. The van der Waals surface area contributed by atoms with Gasteiger partial charge in [-0.2, -0.15) is 0 Å². The van der Waals surface area contributed by atoms with Crippen molar-refractivity contribution in [1.82, 2.24) is 0 Å². The molecule has 0 aromatic rings. The molecule has 0 rings (SSSR count). The number of unbranched alkanes of at least 4 members (excludes halogenated alkanes) is 12. The third-order valence-corrected chi connectivity index (χ3v) is 7.12. The van der Waals surface area contributed by atoms with Crippen LogP contribution in [0.3, 0.4) is 0 Å². The minimum Gasteiger partial charge on any atom is -0.379 e. The Kier molecular flexibility index (Phi) is 44.8. The van der Waals surface area contributed by atoms with Gasteiger partial charge in [-0.15, -0.1) is 11.6 Å². The Balaban J connectivity index is 3.03. The third-order valence-electron chi connectivity index (χ3n) is 6.96. The molecule has 0 spiro atoms. The van der Waals surface area contributed by atoms with Gasteiger partial charge in [0.1, 0.15) is 0 Å². The summed E-state index contributed by atoms with van der Waals surface area (Å²) in [7, 11) is 0. The summed E-state index contributed by atoms with van der Waals surface area (Å²) in [5, 5.41) is 0. The fourth-order valence-corrected chi connectivity index (χ4v) is 4.47. The van der Waals surface area contributed by atoms with E-state index in [9.17, 15) is 0 Å². The molecular weight excluding hydrogens is 616 g/mol. The highest BCUT2D eigenvalue weighted by atomic mass is 35.5. The van der Waals surface area contributed by atoms with Crippen molar-refractivity contribution in [2.45, 2.75) is 90.4 Å². The van der Waals surface area contributed by atoms with E-state index in [1.165, 1.54) is 77.0 Å². The van der Waals surface area contributed by atoms with E-state index >= 15 is 0 Å². The summed E-state index contributed by atoms with van der Waals surface area (Å²) in [4.78, 5) is 0. The summed E-state index contributed by atoms with van der Waals surface area (Å²) in [6, 6.07) is 0. The van der Waals surface area contributed by atoms with Crippen molar-refractivity contribution in [3.05, 3.63) is 0 Å². The van der Waals surface area contributed by atoms with Gasteiger partial charge in [-0.05, 0) is 6.42 Å². The first-order chi connectivity index (χ1) is 22.9. The van der Waals surface area contributed by atoms with Crippen molar-refractivity contribution in [3.8, 4) is 0 Å². The van der Waals surface area contributed by atoms with Crippen LogP contribution in [0.2, 0.25) is 0 Å². The van der Waals surface area contributed by atoms with Gasteiger partial charge in [0.05, 0.1) is 126 Å². The molecule has 0 radical (unpaired) electrons. The summed E-state index contributed by atoms with van der Waals surface area (Å²) in [5.41, 5.74) is 0. The molecule has 0 aromatic heterocycles. The first kappa shape index (κ1) is 45.9. The molecule has 0 bridgehead atoms. The van der Waals surface area contributed by atoms with Crippen LogP contribution in [0.25, 0.3) is 0 Å². The van der Waals surface area contributed by atoms with Crippen molar-refractivity contribution >= 4 is 11.6 Å². The second-order valence-electron chi connectivity index (χ2n) is 11.1. The minimum absolute atomic E-state index is 0.503. The standard InChI is InChI=1S/C35H71ClO10/c1-2-3-4-5-6-7-8-9-10-11-12-13-14-16-37-18-20-39-22-24-41-26-28-43-30-32-45-34-35-46-33-31-44-29-27-42-25-23-40-21-19-38-17-15-36/h2-35H2,1H3. The zero-order chi connectivity index (χ0) is 33.1. The second-order valence-corrected chi connectivity index (χ2v) is 11.4. The Bertz CT molecular complexity index is 478. The Morgan fingerprint density at radius 3 is 0.674 bits per heavy atom. The number of halogens is 1. The first-order valence-corrected chi connectivity index (χ1v) is 18.8.